The Morgan fingerprint density at radius 3 is 2.44 bits per heavy atom. The van der Waals surface area contributed by atoms with Crippen molar-refractivity contribution in [2.45, 2.75) is 17.4 Å². The minimum atomic E-state index is -0.556. The van der Waals surface area contributed by atoms with Gasteiger partial charge in [0, 0.05) is 16.1 Å². The van der Waals surface area contributed by atoms with E-state index < -0.39 is 17.1 Å². The van der Waals surface area contributed by atoms with Gasteiger partial charge in [0.05, 0.1) is 5.25 Å². The number of thioether (sulfide) groups is 1. The molecule has 3 rings (SSSR count). The second-order valence-corrected chi connectivity index (χ2v) is 7.18. The lowest BCUT2D eigenvalue weighted by Gasteiger charge is -2.10. The molecule has 0 unspecified atom stereocenters. The summed E-state index contributed by atoms with van der Waals surface area (Å²) in [6.45, 7) is 1.67. The Morgan fingerprint density at radius 1 is 1.04 bits per heavy atom. The molecule has 0 aliphatic carbocycles. The van der Waals surface area contributed by atoms with Crippen molar-refractivity contribution in [3.05, 3.63) is 65.2 Å². The molecular formula is C18H15ClN4O3S. The van der Waals surface area contributed by atoms with Gasteiger partial charge in [0.15, 0.2) is 0 Å². The molecule has 3 aromatic rings. The van der Waals surface area contributed by atoms with Crippen molar-refractivity contribution in [1.82, 2.24) is 21.0 Å². The second-order valence-electron chi connectivity index (χ2n) is 5.45. The van der Waals surface area contributed by atoms with Gasteiger partial charge < -0.3 is 4.42 Å². The Hall–Kier alpha value is -2.84. The van der Waals surface area contributed by atoms with Crippen LogP contribution in [0.25, 0.3) is 11.5 Å². The molecule has 0 fully saturated rings. The lowest BCUT2D eigenvalue weighted by atomic mass is 10.2. The van der Waals surface area contributed by atoms with Gasteiger partial charge in [-0.1, -0.05) is 41.6 Å². The quantitative estimate of drug-likeness (QED) is 0.502. The first-order chi connectivity index (χ1) is 13.0. The highest BCUT2D eigenvalue weighted by atomic mass is 35.5. The Morgan fingerprint density at radius 2 is 1.74 bits per heavy atom. The van der Waals surface area contributed by atoms with Crippen LogP contribution in [0.15, 0.2) is 64.2 Å². The van der Waals surface area contributed by atoms with Crippen LogP contribution in [0, 0.1) is 0 Å². The molecule has 0 aliphatic heterocycles. The summed E-state index contributed by atoms with van der Waals surface area (Å²) in [4.78, 5) is 24.1. The number of hydrogen-bond donors (Lipinski definition) is 2. The molecule has 1 atom stereocenters. The molecule has 0 spiro atoms. The number of aromatic nitrogens is 2. The van der Waals surface area contributed by atoms with Gasteiger partial charge in [-0.3, -0.25) is 20.4 Å². The Kier molecular flexibility index (Phi) is 6.10. The van der Waals surface area contributed by atoms with Gasteiger partial charge in [-0.2, -0.15) is 0 Å². The fourth-order valence-corrected chi connectivity index (χ4v) is 2.86. The fraction of sp³-hybridized carbons (Fsp3) is 0.111. The van der Waals surface area contributed by atoms with Crippen molar-refractivity contribution in [2.75, 3.05) is 0 Å². The number of hydrogen-bond acceptors (Lipinski definition) is 6. The van der Waals surface area contributed by atoms with Gasteiger partial charge in [0.25, 0.3) is 17.0 Å². The molecule has 0 bridgehead atoms. The van der Waals surface area contributed by atoms with Crippen molar-refractivity contribution < 1.29 is 14.0 Å². The predicted molar refractivity (Wildman–Crippen MR) is 102 cm³/mol. The van der Waals surface area contributed by atoms with Crippen molar-refractivity contribution in [3.8, 4) is 11.5 Å². The highest BCUT2D eigenvalue weighted by molar-refractivity contribution is 8.00. The van der Waals surface area contributed by atoms with Crippen molar-refractivity contribution in [1.29, 1.82) is 0 Å². The maximum Gasteiger partial charge on any atom is 0.277 e. The van der Waals surface area contributed by atoms with Crippen molar-refractivity contribution in [2.24, 2.45) is 0 Å². The predicted octanol–water partition coefficient (Wildman–Crippen LogP) is 3.33. The largest absolute Gasteiger partial charge is 0.411 e. The third-order valence-electron chi connectivity index (χ3n) is 3.48. The van der Waals surface area contributed by atoms with E-state index in [4.69, 9.17) is 16.0 Å². The number of carbonyl (C=O) groups excluding carboxylic acids is 2. The summed E-state index contributed by atoms with van der Waals surface area (Å²) in [5.74, 6) is -0.460. The average molecular weight is 403 g/mol. The number of nitrogens with one attached hydrogen (secondary N) is 2. The zero-order valence-corrected chi connectivity index (χ0v) is 15.8. The van der Waals surface area contributed by atoms with E-state index in [9.17, 15) is 9.59 Å². The van der Waals surface area contributed by atoms with E-state index in [0.29, 0.717) is 16.5 Å². The number of nitrogens with zero attached hydrogens (tertiary/aromatic N) is 2. The van der Waals surface area contributed by atoms with E-state index in [1.807, 2.05) is 0 Å². The van der Waals surface area contributed by atoms with Gasteiger partial charge in [-0.05, 0) is 43.3 Å². The lowest BCUT2D eigenvalue weighted by molar-refractivity contribution is -0.121. The lowest BCUT2D eigenvalue weighted by Crippen LogP contribution is -2.44. The van der Waals surface area contributed by atoms with Gasteiger partial charge in [-0.15, -0.1) is 10.2 Å². The zero-order valence-electron chi connectivity index (χ0n) is 14.2. The molecule has 0 saturated carbocycles. The third kappa shape index (κ3) is 5.08. The Bertz CT molecular complexity index is 931. The van der Waals surface area contributed by atoms with Crippen LogP contribution in [0.5, 0.6) is 0 Å². The fourth-order valence-electron chi connectivity index (χ4n) is 2.05. The topological polar surface area (TPSA) is 97.1 Å². The maximum atomic E-state index is 12.1. The molecule has 1 aromatic heterocycles. The van der Waals surface area contributed by atoms with E-state index in [2.05, 4.69) is 21.0 Å². The standard InChI is InChI=1S/C18H15ClN4O3S/c1-11(15(24)20-21-16(25)12-5-3-2-4-6-12)27-18-23-22-17(26-18)13-7-9-14(19)10-8-13/h2-11H,1H3,(H,20,24)(H,21,25)/t11-/m1/s1. The first-order valence-electron chi connectivity index (χ1n) is 7.94. The molecule has 2 aromatic carbocycles. The molecule has 0 aliphatic rings. The molecule has 9 heteroatoms. The molecule has 2 amide bonds. The Balaban J connectivity index is 1.54. The smallest absolute Gasteiger partial charge is 0.277 e. The van der Waals surface area contributed by atoms with Crippen LogP contribution in [-0.4, -0.2) is 27.3 Å². The molecule has 138 valence electrons. The van der Waals surface area contributed by atoms with Crippen LogP contribution in [-0.2, 0) is 4.79 Å². The van der Waals surface area contributed by atoms with Crippen LogP contribution in [0.3, 0.4) is 0 Å². The zero-order chi connectivity index (χ0) is 19.2. The molecule has 7 nitrogen and oxygen atoms in total. The molecular weight excluding hydrogens is 388 g/mol. The van der Waals surface area contributed by atoms with E-state index in [1.165, 1.54) is 0 Å². The number of carbonyl (C=O) groups is 2. The van der Waals surface area contributed by atoms with Gasteiger partial charge in [0.2, 0.25) is 5.89 Å². The SMILES string of the molecule is C[C@@H](Sc1nnc(-c2ccc(Cl)cc2)o1)C(=O)NNC(=O)c1ccccc1. The molecule has 27 heavy (non-hydrogen) atoms. The number of amides is 2. The number of hydrazine groups is 1. The Labute approximate surface area is 164 Å². The number of halogens is 1. The normalized spacial score (nSPS) is 11.6. The van der Waals surface area contributed by atoms with Crippen LogP contribution in [0.2, 0.25) is 5.02 Å². The van der Waals surface area contributed by atoms with Crippen molar-refractivity contribution >= 4 is 35.2 Å². The molecule has 1 heterocycles. The van der Waals surface area contributed by atoms with E-state index in [0.717, 1.165) is 17.3 Å². The van der Waals surface area contributed by atoms with Crippen LogP contribution in [0.1, 0.15) is 17.3 Å². The summed E-state index contributed by atoms with van der Waals surface area (Å²) >= 11 is 6.94. The average Bonchev–Trinajstić information content (AvgIpc) is 3.15. The van der Waals surface area contributed by atoms with E-state index >= 15 is 0 Å². The van der Waals surface area contributed by atoms with Crippen LogP contribution < -0.4 is 10.9 Å². The first-order valence-corrected chi connectivity index (χ1v) is 9.20. The minimum absolute atomic E-state index is 0.247. The van der Waals surface area contributed by atoms with Gasteiger partial charge in [0.1, 0.15) is 0 Å². The highest BCUT2D eigenvalue weighted by Gasteiger charge is 2.19. The second kappa shape index (κ2) is 8.70. The number of rotatable bonds is 5. The van der Waals surface area contributed by atoms with Gasteiger partial charge in [-0.25, -0.2) is 0 Å². The minimum Gasteiger partial charge on any atom is -0.411 e. The highest BCUT2D eigenvalue weighted by Crippen LogP contribution is 2.26. The van der Waals surface area contributed by atoms with Gasteiger partial charge >= 0.3 is 0 Å². The molecule has 2 N–H and O–H groups in total. The van der Waals surface area contributed by atoms with Crippen molar-refractivity contribution in [3.63, 3.8) is 0 Å². The molecule has 0 radical (unpaired) electrons. The summed E-state index contributed by atoms with van der Waals surface area (Å²) < 4.78 is 5.56. The van der Waals surface area contributed by atoms with E-state index in [1.54, 1.807) is 61.5 Å². The van der Waals surface area contributed by atoms with Crippen LogP contribution >= 0.6 is 23.4 Å². The van der Waals surface area contributed by atoms with Crippen LogP contribution in [0.4, 0.5) is 0 Å². The maximum absolute atomic E-state index is 12.1. The third-order valence-corrected chi connectivity index (χ3v) is 4.67. The monoisotopic (exact) mass is 402 g/mol. The summed E-state index contributed by atoms with van der Waals surface area (Å²) in [5.41, 5.74) is 5.93. The first kappa shape index (κ1) is 18.9. The summed E-state index contributed by atoms with van der Waals surface area (Å²) in [5, 5.41) is 8.18. The summed E-state index contributed by atoms with van der Waals surface area (Å²) in [6, 6.07) is 15.5. The molecule has 0 saturated heterocycles. The summed E-state index contributed by atoms with van der Waals surface area (Å²) in [6.07, 6.45) is 0. The summed E-state index contributed by atoms with van der Waals surface area (Å²) in [7, 11) is 0. The van der Waals surface area contributed by atoms with E-state index in [-0.39, 0.29) is 5.22 Å². The number of benzene rings is 2.